The molecule has 1 aliphatic rings. The fourth-order valence-electron chi connectivity index (χ4n) is 3.44. The largest absolute Gasteiger partial charge is 0.337 e. The Morgan fingerprint density at radius 1 is 1.32 bits per heavy atom. The molecule has 2 heterocycles. The van der Waals surface area contributed by atoms with E-state index in [0.29, 0.717) is 16.0 Å². The average molecular weight is 453 g/mol. The lowest BCUT2D eigenvalue weighted by Crippen LogP contribution is -2.47. The Bertz CT molecular complexity index is 1150. The number of hydrogen-bond donors (Lipinski definition) is 1. The summed E-state index contributed by atoms with van der Waals surface area (Å²) in [6.45, 7) is 3.72. The second-order valence-corrected chi connectivity index (χ2v) is 9.04. The van der Waals surface area contributed by atoms with Crippen molar-refractivity contribution < 1.29 is 4.79 Å². The molecule has 0 spiro atoms. The molecule has 7 nitrogen and oxygen atoms in total. The Balaban J connectivity index is 1.64. The first-order valence-electron chi connectivity index (χ1n) is 9.89. The molecule has 0 radical (unpaired) electrons. The Morgan fingerprint density at radius 2 is 2.06 bits per heavy atom. The van der Waals surface area contributed by atoms with Crippen LogP contribution in [0.3, 0.4) is 0 Å². The molecule has 2 aromatic heterocycles. The van der Waals surface area contributed by atoms with Crippen LogP contribution in [0, 0.1) is 24.2 Å². The van der Waals surface area contributed by atoms with Crippen molar-refractivity contribution in [1.29, 1.82) is 5.26 Å². The number of pyridine rings is 1. The van der Waals surface area contributed by atoms with Crippen molar-refractivity contribution in [3.63, 3.8) is 0 Å². The maximum absolute atomic E-state index is 12.6. The number of aromatic nitrogens is 4. The summed E-state index contributed by atoms with van der Waals surface area (Å²) in [5.41, 5.74) is 1.75. The number of carbonyl (C=O) groups is 1. The highest BCUT2D eigenvalue weighted by atomic mass is 35.5. The van der Waals surface area contributed by atoms with Gasteiger partial charge < -0.3 is 5.32 Å². The zero-order chi connectivity index (χ0) is 22.0. The summed E-state index contributed by atoms with van der Waals surface area (Å²) in [5, 5.41) is 22.3. The Morgan fingerprint density at radius 3 is 2.74 bits per heavy atom. The molecule has 4 rings (SSSR count). The number of benzene rings is 1. The lowest BCUT2D eigenvalue weighted by atomic mass is 9.98. The average Bonchev–Trinajstić information content (AvgIpc) is 3.56. The smallest absolute Gasteiger partial charge is 0.231 e. The third kappa shape index (κ3) is 4.43. The third-order valence-corrected chi connectivity index (χ3v) is 6.75. The molecular formula is C22H21ClN6OS. The fourth-order valence-corrected chi connectivity index (χ4v) is 4.36. The molecule has 1 amide bonds. The van der Waals surface area contributed by atoms with Gasteiger partial charge in [-0.15, -0.1) is 10.2 Å². The van der Waals surface area contributed by atoms with Crippen molar-refractivity contribution in [2.75, 3.05) is 5.75 Å². The summed E-state index contributed by atoms with van der Waals surface area (Å²) < 4.78 is 1.90. The van der Waals surface area contributed by atoms with Crippen molar-refractivity contribution in [1.82, 2.24) is 25.1 Å². The first kappa shape index (κ1) is 21.3. The maximum Gasteiger partial charge on any atom is 0.231 e. The molecule has 0 bridgehead atoms. The van der Waals surface area contributed by atoms with Crippen LogP contribution in [-0.4, -0.2) is 36.9 Å². The number of nitriles is 1. The van der Waals surface area contributed by atoms with E-state index in [9.17, 15) is 10.1 Å². The number of rotatable bonds is 7. The minimum atomic E-state index is -0.822. The summed E-state index contributed by atoms with van der Waals surface area (Å²) in [7, 11) is 0. The maximum atomic E-state index is 12.6. The van der Waals surface area contributed by atoms with E-state index in [1.807, 2.05) is 41.8 Å². The van der Waals surface area contributed by atoms with E-state index < -0.39 is 5.54 Å². The summed E-state index contributed by atoms with van der Waals surface area (Å²) >= 11 is 7.64. The van der Waals surface area contributed by atoms with E-state index in [0.717, 1.165) is 29.7 Å². The molecule has 1 unspecified atom stereocenters. The van der Waals surface area contributed by atoms with Crippen LogP contribution in [0.2, 0.25) is 5.02 Å². The summed E-state index contributed by atoms with van der Waals surface area (Å²) in [6.07, 6.45) is 5.32. The van der Waals surface area contributed by atoms with Crippen LogP contribution in [0.25, 0.3) is 17.1 Å². The highest BCUT2D eigenvalue weighted by Gasteiger charge is 2.43. The normalized spacial score (nSPS) is 15.2. The van der Waals surface area contributed by atoms with Gasteiger partial charge in [-0.05, 0) is 62.4 Å². The second kappa shape index (κ2) is 8.69. The predicted molar refractivity (Wildman–Crippen MR) is 120 cm³/mol. The minimum absolute atomic E-state index is 0.123. The Hall–Kier alpha value is -2.89. The van der Waals surface area contributed by atoms with Crippen LogP contribution in [-0.2, 0) is 4.79 Å². The molecule has 9 heteroatoms. The molecule has 1 N–H and O–H groups in total. The van der Waals surface area contributed by atoms with E-state index >= 15 is 0 Å². The quantitative estimate of drug-likeness (QED) is 0.540. The minimum Gasteiger partial charge on any atom is -0.337 e. The molecule has 0 saturated heterocycles. The zero-order valence-corrected chi connectivity index (χ0v) is 18.7. The zero-order valence-electron chi connectivity index (χ0n) is 17.2. The first-order valence-corrected chi connectivity index (χ1v) is 11.3. The van der Waals surface area contributed by atoms with E-state index in [1.54, 1.807) is 19.3 Å². The predicted octanol–water partition coefficient (Wildman–Crippen LogP) is 4.19. The molecule has 31 heavy (non-hydrogen) atoms. The molecule has 1 aliphatic carbocycles. The van der Waals surface area contributed by atoms with Crippen LogP contribution < -0.4 is 5.32 Å². The number of hydrogen-bond acceptors (Lipinski definition) is 6. The van der Waals surface area contributed by atoms with E-state index in [2.05, 4.69) is 26.6 Å². The molecule has 0 aliphatic heterocycles. The van der Waals surface area contributed by atoms with Crippen molar-refractivity contribution in [3.05, 3.63) is 53.3 Å². The summed E-state index contributed by atoms with van der Waals surface area (Å²) in [6, 6.07) is 11.6. The highest BCUT2D eigenvalue weighted by Crippen LogP contribution is 2.39. The standard InChI is InChI=1S/C22H21ClN6OS/c1-14-17(23)4-3-5-18(14)29-20(15-8-10-25-11-9-15)27-28-21(29)31-12-19(30)26-22(2,13-24)16-6-7-16/h3-5,8-11,16H,6-7,12H2,1-2H3,(H,26,30). The SMILES string of the molecule is Cc1c(Cl)cccc1-n1c(SCC(=O)NC(C)(C#N)C2CC2)nnc1-c1ccncc1. The van der Waals surface area contributed by atoms with Gasteiger partial charge >= 0.3 is 0 Å². The van der Waals surface area contributed by atoms with Crippen molar-refractivity contribution in [2.24, 2.45) is 5.92 Å². The summed E-state index contributed by atoms with van der Waals surface area (Å²) in [5.74, 6) is 0.778. The Kier molecular flexibility index (Phi) is 5.99. The molecule has 1 saturated carbocycles. The molecule has 3 aromatic rings. The summed E-state index contributed by atoms with van der Waals surface area (Å²) in [4.78, 5) is 16.7. The monoisotopic (exact) mass is 452 g/mol. The van der Waals surface area contributed by atoms with Crippen LogP contribution in [0.15, 0.2) is 47.9 Å². The van der Waals surface area contributed by atoms with Gasteiger partial charge in [0.05, 0.1) is 17.5 Å². The fraction of sp³-hybridized carbons (Fsp3) is 0.318. The third-order valence-electron chi connectivity index (χ3n) is 5.41. The number of halogens is 1. The van der Waals surface area contributed by atoms with Gasteiger partial charge in [0, 0.05) is 23.0 Å². The number of nitrogens with one attached hydrogen (secondary N) is 1. The van der Waals surface area contributed by atoms with E-state index in [4.69, 9.17) is 11.6 Å². The number of carbonyl (C=O) groups excluding carboxylic acids is 1. The van der Waals surface area contributed by atoms with Crippen LogP contribution in [0.5, 0.6) is 0 Å². The van der Waals surface area contributed by atoms with Gasteiger partial charge in [-0.2, -0.15) is 5.26 Å². The van der Waals surface area contributed by atoms with Crippen LogP contribution >= 0.6 is 23.4 Å². The van der Waals surface area contributed by atoms with Crippen LogP contribution in [0.1, 0.15) is 25.3 Å². The highest BCUT2D eigenvalue weighted by molar-refractivity contribution is 7.99. The number of nitrogens with zero attached hydrogens (tertiary/aromatic N) is 5. The van der Waals surface area contributed by atoms with Crippen molar-refractivity contribution in [3.8, 4) is 23.1 Å². The van der Waals surface area contributed by atoms with Gasteiger partial charge in [-0.3, -0.25) is 14.3 Å². The Labute approximate surface area is 189 Å². The van der Waals surface area contributed by atoms with Gasteiger partial charge in [-0.1, -0.05) is 29.4 Å². The molecule has 1 atom stereocenters. The molecular weight excluding hydrogens is 432 g/mol. The van der Waals surface area contributed by atoms with Crippen molar-refractivity contribution >= 4 is 29.3 Å². The van der Waals surface area contributed by atoms with Gasteiger partial charge in [-0.25, -0.2) is 0 Å². The van der Waals surface area contributed by atoms with Gasteiger partial charge in [0.1, 0.15) is 5.54 Å². The lowest BCUT2D eigenvalue weighted by molar-refractivity contribution is -0.119. The topological polar surface area (TPSA) is 96.5 Å². The van der Waals surface area contributed by atoms with E-state index in [1.165, 1.54) is 11.8 Å². The second-order valence-electron chi connectivity index (χ2n) is 7.69. The first-order chi connectivity index (χ1) is 14.9. The lowest BCUT2D eigenvalue weighted by Gasteiger charge is -2.22. The van der Waals surface area contributed by atoms with Crippen molar-refractivity contribution in [2.45, 2.75) is 37.4 Å². The van der Waals surface area contributed by atoms with Gasteiger partial charge in [0.15, 0.2) is 11.0 Å². The number of thioether (sulfide) groups is 1. The molecule has 1 fully saturated rings. The molecule has 1 aromatic carbocycles. The van der Waals surface area contributed by atoms with E-state index in [-0.39, 0.29) is 17.6 Å². The van der Waals surface area contributed by atoms with Gasteiger partial charge in [0.2, 0.25) is 5.91 Å². The number of amides is 1. The van der Waals surface area contributed by atoms with Crippen LogP contribution in [0.4, 0.5) is 0 Å². The van der Waals surface area contributed by atoms with Gasteiger partial charge in [0.25, 0.3) is 0 Å². The molecule has 158 valence electrons.